The van der Waals surface area contributed by atoms with Gasteiger partial charge in [-0.1, -0.05) is 33.8 Å². The Morgan fingerprint density at radius 3 is 2.21 bits per heavy atom. The highest BCUT2D eigenvalue weighted by Gasteiger charge is 2.37. The number of anilines is 2. The Hall–Kier alpha value is -2.46. The van der Waals surface area contributed by atoms with Gasteiger partial charge in [-0.05, 0) is 65.6 Å². The van der Waals surface area contributed by atoms with Crippen molar-refractivity contribution in [2.24, 2.45) is 11.3 Å². The molecule has 0 bridgehead atoms. The van der Waals surface area contributed by atoms with Crippen LogP contribution in [0.2, 0.25) is 0 Å². The molecule has 2 aromatic carbocycles. The molecule has 2 rings (SSSR count). The first kappa shape index (κ1) is 27.8. The first-order valence-corrected chi connectivity index (χ1v) is 12.5. The molecule has 3 N–H and O–H groups in total. The maximum absolute atomic E-state index is 13.2. The van der Waals surface area contributed by atoms with E-state index in [0.717, 1.165) is 5.56 Å². The maximum Gasteiger partial charge on any atom is 0.404 e. The average molecular weight is 502 g/mol. The van der Waals surface area contributed by atoms with E-state index in [2.05, 4.69) is 10.0 Å². The highest BCUT2D eigenvalue weighted by atomic mass is 32.2. The van der Waals surface area contributed by atoms with Gasteiger partial charge in [-0.25, -0.2) is 17.5 Å². The van der Waals surface area contributed by atoms with E-state index in [-0.39, 0.29) is 24.2 Å². The first-order valence-electron chi connectivity index (χ1n) is 10.8. The first-order chi connectivity index (χ1) is 15.6. The van der Waals surface area contributed by atoms with E-state index < -0.39 is 27.4 Å². The van der Waals surface area contributed by atoms with E-state index in [0.29, 0.717) is 23.4 Å². The Bertz CT molecular complexity index is 1080. The van der Waals surface area contributed by atoms with Crippen LogP contribution in [0.15, 0.2) is 42.5 Å². The molecule has 2 aromatic rings. The Morgan fingerprint density at radius 1 is 1.06 bits per heavy atom. The number of benzene rings is 2. The van der Waals surface area contributed by atoms with Crippen molar-refractivity contribution in [3.05, 3.63) is 59.4 Å². The van der Waals surface area contributed by atoms with Gasteiger partial charge in [0.05, 0.1) is 0 Å². The molecule has 1 unspecified atom stereocenters. The van der Waals surface area contributed by atoms with Crippen LogP contribution in [-0.2, 0) is 10.0 Å². The average Bonchev–Trinajstić information content (AvgIpc) is 2.71. The molecule has 34 heavy (non-hydrogen) atoms. The van der Waals surface area contributed by atoms with Crippen LogP contribution in [0.3, 0.4) is 0 Å². The topological polar surface area (TPSA) is 82.1 Å². The lowest BCUT2D eigenvalue weighted by Crippen LogP contribution is -2.41. The summed E-state index contributed by atoms with van der Waals surface area (Å²) >= 11 is 0. The highest BCUT2D eigenvalue weighted by Crippen LogP contribution is 2.41. The summed E-state index contributed by atoms with van der Waals surface area (Å²) in [5, 5.41) is 11.0. The van der Waals surface area contributed by atoms with Gasteiger partial charge in [0.15, 0.2) is 5.75 Å². The molecule has 0 aliphatic heterocycles. The number of alkyl halides is 3. The van der Waals surface area contributed by atoms with Crippen molar-refractivity contribution in [1.29, 1.82) is 5.41 Å². The maximum atomic E-state index is 13.2. The standard InChI is InChI=1S/C24H31F4N3O2S/c1-16(2)11-21(23(3,4)14-30-34(32,33)15-24(26,27)28)17-5-10-22(18(12-17)13-29)31-20-8-6-19(25)7-9-20/h5-10,12-13,16,21,29-31H,11,14-15H2,1-4H3. The highest BCUT2D eigenvalue weighted by molar-refractivity contribution is 7.89. The van der Waals surface area contributed by atoms with E-state index in [4.69, 9.17) is 5.41 Å². The second-order valence-electron chi connectivity index (χ2n) is 9.49. The second-order valence-corrected chi connectivity index (χ2v) is 11.3. The number of halogens is 4. The lowest BCUT2D eigenvalue weighted by atomic mass is 9.71. The number of hydrogen-bond donors (Lipinski definition) is 3. The van der Waals surface area contributed by atoms with Gasteiger partial charge in [0.2, 0.25) is 10.0 Å². The molecule has 0 saturated carbocycles. The number of rotatable bonds is 11. The summed E-state index contributed by atoms with van der Waals surface area (Å²) in [7, 11) is -4.52. The zero-order valence-corrected chi connectivity index (χ0v) is 20.4. The van der Waals surface area contributed by atoms with Crippen LogP contribution >= 0.6 is 0 Å². The smallest absolute Gasteiger partial charge is 0.355 e. The Morgan fingerprint density at radius 2 is 1.68 bits per heavy atom. The van der Waals surface area contributed by atoms with Crippen LogP contribution in [0.4, 0.5) is 28.9 Å². The minimum atomic E-state index is -4.82. The fourth-order valence-electron chi connectivity index (χ4n) is 3.78. The zero-order chi connectivity index (χ0) is 25.7. The molecule has 5 nitrogen and oxygen atoms in total. The predicted octanol–water partition coefficient (Wildman–Crippen LogP) is 6.20. The third kappa shape index (κ3) is 8.39. The number of sulfonamides is 1. The molecule has 0 heterocycles. The largest absolute Gasteiger partial charge is 0.404 e. The van der Waals surface area contributed by atoms with Crippen LogP contribution in [0.25, 0.3) is 0 Å². The summed E-state index contributed by atoms with van der Waals surface area (Å²) in [6.45, 7) is 7.48. The molecule has 0 amide bonds. The van der Waals surface area contributed by atoms with Crippen molar-refractivity contribution in [3.8, 4) is 0 Å². The lowest BCUT2D eigenvalue weighted by Gasteiger charge is -2.36. The Kier molecular flexibility index (Phi) is 8.87. The van der Waals surface area contributed by atoms with Gasteiger partial charge >= 0.3 is 6.18 Å². The Labute approximate surface area is 198 Å². The van der Waals surface area contributed by atoms with Crippen molar-refractivity contribution in [3.63, 3.8) is 0 Å². The second kappa shape index (κ2) is 10.9. The summed E-state index contributed by atoms with van der Waals surface area (Å²) in [4.78, 5) is 0. The third-order valence-corrected chi connectivity index (χ3v) is 6.80. The minimum Gasteiger partial charge on any atom is -0.355 e. The normalized spacial score (nSPS) is 13.7. The van der Waals surface area contributed by atoms with Gasteiger partial charge in [-0.3, -0.25) is 0 Å². The van der Waals surface area contributed by atoms with Gasteiger partial charge < -0.3 is 10.7 Å². The summed E-state index contributed by atoms with van der Waals surface area (Å²) in [5.74, 6) is -2.25. The third-order valence-electron chi connectivity index (χ3n) is 5.51. The summed E-state index contributed by atoms with van der Waals surface area (Å²) in [6, 6.07) is 11.3. The van der Waals surface area contributed by atoms with Crippen molar-refractivity contribution in [2.45, 2.75) is 46.2 Å². The van der Waals surface area contributed by atoms with Gasteiger partial charge in [0.25, 0.3) is 0 Å². The van der Waals surface area contributed by atoms with Gasteiger partial charge in [0.1, 0.15) is 5.82 Å². The SMILES string of the molecule is CC(C)CC(c1ccc(Nc2ccc(F)cc2)c(C=N)c1)C(C)(C)CNS(=O)(=O)CC(F)(F)F. The van der Waals surface area contributed by atoms with Crippen LogP contribution in [-0.4, -0.2) is 33.1 Å². The lowest BCUT2D eigenvalue weighted by molar-refractivity contribution is -0.106. The van der Waals surface area contributed by atoms with E-state index in [9.17, 15) is 26.0 Å². The summed E-state index contributed by atoms with van der Waals surface area (Å²) in [6.07, 6.45) is -2.98. The molecule has 0 spiro atoms. The molecule has 0 saturated heterocycles. The quantitative estimate of drug-likeness (QED) is 0.253. The van der Waals surface area contributed by atoms with Crippen molar-refractivity contribution in [2.75, 3.05) is 17.6 Å². The van der Waals surface area contributed by atoms with E-state index in [1.807, 2.05) is 39.8 Å². The molecule has 188 valence electrons. The molecule has 0 fully saturated rings. The fraction of sp³-hybridized carbons (Fsp3) is 0.458. The predicted molar refractivity (Wildman–Crippen MR) is 128 cm³/mol. The summed E-state index contributed by atoms with van der Waals surface area (Å²) < 4.78 is 76.9. The number of hydrogen-bond acceptors (Lipinski definition) is 4. The fourth-order valence-corrected chi connectivity index (χ4v) is 4.91. The summed E-state index contributed by atoms with van der Waals surface area (Å²) in [5.41, 5.74) is 1.99. The monoisotopic (exact) mass is 501 g/mol. The molecular formula is C24H31F4N3O2S. The Balaban J connectivity index is 2.32. The van der Waals surface area contributed by atoms with E-state index in [1.54, 1.807) is 18.2 Å². The zero-order valence-electron chi connectivity index (χ0n) is 19.6. The molecule has 0 aliphatic carbocycles. The molecule has 0 aromatic heterocycles. The van der Waals surface area contributed by atoms with E-state index >= 15 is 0 Å². The van der Waals surface area contributed by atoms with Gasteiger partial charge in [-0.2, -0.15) is 13.2 Å². The van der Waals surface area contributed by atoms with Crippen molar-refractivity contribution >= 4 is 27.6 Å². The van der Waals surface area contributed by atoms with Crippen LogP contribution < -0.4 is 10.0 Å². The van der Waals surface area contributed by atoms with Crippen LogP contribution in [0.5, 0.6) is 0 Å². The minimum absolute atomic E-state index is 0.168. The van der Waals surface area contributed by atoms with Crippen molar-refractivity contribution in [1.82, 2.24) is 4.72 Å². The van der Waals surface area contributed by atoms with Gasteiger partial charge in [-0.15, -0.1) is 0 Å². The van der Waals surface area contributed by atoms with Crippen LogP contribution in [0.1, 0.15) is 51.2 Å². The molecule has 0 radical (unpaired) electrons. The van der Waals surface area contributed by atoms with Gasteiger partial charge in [0, 0.05) is 29.7 Å². The van der Waals surface area contributed by atoms with Crippen molar-refractivity contribution < 1.29 is 26.0 Å². The molecule has 10 heteroatoms. The number of nitrogens with one attached hydrogen (secondary N) is 3. The molecule has 1 atom stereocenters. The van der Waals surface area contributed by atoms with Crippen LogP contribution in [0, 0.1) is 22.6 Å². The van der Waals surface area contributed by atoms with E-state index in [1.165, 1.54) is 18.3 Å². The molecule has 0 aliphatic rings. The molecular weight excluding hydrogens is 470 g/mol.